The molecule has 2 heterocycles. The first kappa shape index (κ1) is 20.9. The second-order valence-electron chi connectivity index (χ2n) is 6.56. The molecule has 9 nitrogen and oxygen atoms in total. The molecule has 2 saturated heterocycles. The Labute approximate surface area is 155 Å². The first-order valence-electron chi connectivity index (χ1n) is 9.30. The summed E-state index contributed by atoms with van der Waals surface area (Å²) >= 11 is 0. The van der Waals surface area contributed by atoms with Gasteiger partial charge in [-0.25, -0.2) is 8.42 Å². The van der Waals surface area contributed by atoms with Gasteiger partial charge in [0, 0.05) is 45.2 Å². The van der Waals surface area contributed by atoms with Crippen molar-refractivity contribution in [3.8, 4) is 0 Å². The highest BCUT2D eigenvalue weighted by molar-refractivity contribution is 7.91. The number of nitrogens with zero attached hydrogens (tertiary/aromatic N) is 2. The molecule has 0 aliphatic carbocycles. The number of guanidine groups is 1. The monoisotopic (exact) mass is 389 g/mol. The van der Waals surface area contributed by atoms with Crippen LogP contribution in [0.1, 0.15) is 19.8 Å². The predicted octanol–water partition coefficient (Wildman–Crippen LogP) is -1.43. The van der Waals surface area contributed by atoms with Gasteiger partial charge in [-0.15, -0.1) is 0 Å². The number of morpholine rings is 1. The lowest BCUT2D eigenvalue weighted by molar-refractivity contribution is -0.121. The molecular formula is C16H31N5O4S. The Kier molecular flexibility index (Phi) is 8.60. The summed E-state index contributed by atoms with van der Waals surface area (Å²) in [6, 6.07) is -0.247. The molecule has 1 amide bonds. The van der Waals surface area contributed by atoms with Crippen LogP contribution in [-0.2, 0) is 19.4 Å². The molecule has 3 N–H and O–H groups in total. The van der Waals surface area contributed by atoms with Gasteiger partial charge in [-0.3, -0.25) is 14.7 Å². The van der Waals surface area contributed by atoms with Crippen LogP contribution in [0.15, 0.2) is 4.99 Å². The largest absolute Gasteiger partial charge is 0.379 e. The maximum absolute atomic E-state index is 11.9. The third kappa shape index (κ3) is 7.88. The summed E-state index contributed by atoms with van der Waals surface area (Å²) in [6.07, 6.45) is 0.789. The lowest BCUT2D eigenvalue weighted by Gasteiger charge is -2.25. The topological polar surface area (TPSA) is 112 Å². The fraction of sp³-hybridized carbons (Fsp3) is 0.875. The van der Waals surface area contributed by atoms with Gasteiger partial charge in [-0.05, 0) is 13.3 Å². The molecule has 0 bridgehead atoms. The number of carbonyl (C=O) groups is 1. The summed E-state index contributed by atoms with van der Waals surface area (Å²) in [5.74, 6) is 0.773. The highest BCUT2D eigenvalue weighted by atomic mass is 32.2. The van der Waals surface area contributed by atoms with Crippen LogP contribution in [0.5, 0.6) is 0 Å². The number of carbonyl (C=O) groups excluding carboxylic acids is 1. The first-order chi connectivity index (χ1) is 12.5. The molecule has 26 heavy (non-hydrogen) atoms. The number of nitrogens with one attached hydrogen (secondary N) is 3. The standard InChI is InChI=1S/C16H31N5O4S/c1-2-17-16(19-6-7-21-8-10-25-11-9-21)18-5-3-15(22)20-14-4-12-26(23,24)13-14/h14H,2-13H2,1H3,(H,20,22)(H2,17,18,19). The fourth-order valence-corrected chi connectivity index (χ4v) is 4.65. The van der Waals surface area contributed by atoms with E-state index in [1.165, 1.54) is 0 Å². The Morgan fingerprint density at radius 3 is 2.69 bits per heavy atom. The second-order valence-corrected chi connectivity index (χ2v) is 8.79. The van der Waals surface area contributed by atoms with Gasteiger partial charge in [0.1, 0.15) is 0 Å². The number of hydrogen-bond donors (Lipinski definition) is 3. The van der Waals surface area contributed by atoms with Crippen molar-refractivity contribution in [2.45, 2.75) is 25.8 Å². The number of rotatable bonds is 8. The Balaban J connectivity index is 1.65. The van der Waals surface area contributed by atoms with Crippen LogP contribution in [-0.4, -0.2) is 95.2 Å². The third-order valence-electron chi connectivity index (χ3n) is 4.38. The van der Waals surface area contributed by atoms with Gasteiger partial charge in [0.2, 0.25) is 5.91 Å². The number of sulfone groups is 1. The average molecular weight is 390 g/mol. The van der Waals surface area contributed by atoms with E-state index in [1.807, 2.05) is 6.92 Å². The van der Waals surface area contributed by atoms with Gasteiger partial charge in [0.25, 0.3) is 0 Å². The molecule has 2 aliphatic rings. The summed E-state index contributed by atoms with van der Waals surface area (Å²) in [7, 11) is -2.97. The van der Waals surface area contributed by atoms with Crippen LogP contribution in [0.2, 0.25) is 0 Å². The number of amides is 1. The Morgan fingerprint density at radius 2 is 2.04 bits per heavy atom. The molecule has 0 aromatic rings. The van der Waals surface area contributed by atoms with Gasteiger partial charge < -0.3 is 20.7 Å². The molecule has 0 aromatic heterocycles. The maximum atomic E-state index is 11.9. The van der Waals surface area contributed by atoms with E-state index in [0.717, 1.165) is 39.4 Å². The minimum Gasteiger partial charge on any atom is -0.379 e. The highest BCUT2D eigenvalue weighted by Gasteiger charge is 2.28. The zero-order valence-corrected chi connectivity index (χ0v) is 16.3. The molecule has 2 rings (SSSR count). The molecule has 1 atom stereocenters. The molecule has 2 aliphatic heterocycles. The van der Waals surface area contributed by atoms with Crippen molar-refractivity contribution in [3.05, 3.63) is 0 Å². The number of hydrogen-bond acceptors (Lipinski definition) is 6. The quantitative estimate of drug-likeness (QED) is 0.345. The van der Waals surface area contributed by atoms with Gasteiger partial charge in [0.05, 0.1) is 31.3 Å². The highest BCUT2D eigenvalue weighted by Crippen LogP contribution is 2.11. The van der Waals surface area contributed by atoms with E-state index < -0.39 is 9.84 Å². The first-order valence-corrected chi connectivity index (χ1v) is 11.1. The molecule has 10 heteroatoms. The lowest BCUT2D eigenvalue weighted by Crippen LogP contribution is -2.42. The normalized spacial score (nSPS) is 23.6. The zero-order chi connectivity index (χ0) is 18.8. The van der Waals surface area contributed by atoms with Gasteiger partial charge in [0.15, 0.2) is 15.8 Å². The summed E-state index contributed by atoms with van der Waals surface area (Å²) in [4.78, 5) is 18.8. The van der Waals surface area contributed by atoms with E-state index in [1.54, 1.807) is 0 Å². The molecule has 0 radical (unpaired) electrons. The van der Waals surface area contributed by atoms with Crippen molar-refractivity contribution in [2.24, 2.45) is 4.99 Å². The van der Waals surface area contributed by atoms with E-state index in [2.05, 4.69) is 25.8 Å². The van der Waals surface area contributed by atoms with E-state index in [4.69, 9.17) is 4.74 Å². The Bertz CT molecular complexity index is 575. The van der Waals surface area contributed by atoms with Gasteiger partial charge in [-0.1, -0.05) is 0 Å². The van der Waals surface area contributed by atoms with Crippen molar-refractivity contribution < 1.29 is 17.9 Å². The average Bonchev–Trinajstić information content (AvgIpc) is 2.94. The molecule has 1 unspecified atom stereocenters. The van der Waals surface area contributed by atoms with Crippen LogP contribution in [0.3, 0.4) is 0 Å². The number of aliphatic imine (C=N–C) groups is 1. The summed E-state index contributed by atoms with van der Waals surface area (Å²) in [5.41, 5.74) is 0. The zero-order valence-electron chi connectivity index (χ0n) is 15.5. The van der Waals surface area contributed by atoms with Crippen LogP contribution in [0.4, 0.5) is 0 Å². The van der Waals surface area contributed by atoms with Gasteiger partial charge in [-0.2, -0.15) is 0 Å². The molecule has 0 aromatic carbocycles. The van der Waals surface area contributed by atoms with E-state index >= 15 is 0 Å². The van der Waals surface area contributed by atoms with Crippen LogP contribution in [0, 0.1) is 0 Å². The predicted molar refractivity (Wildman–Crippen MR) is 101 cm³/mol. The van der Waals surface area contributed by atoms with Crippen LogP contribution >= 0.6 is 0 Å². The van der Waals surface area contributed by atoms with Crippen molar-refractivity contribution in [3.63, 3.8) is 0 Å². The molecule has 2 fully saturated rings. The van der Waals surface area contributed by atoms with Gasteiger partial charge >= 0.3 is 0 Å². The van der Waals surface area contributed by atoms with E-state index in [0.29, 0.717) is 25.5 Å². The van der Waals surface area contributed by atoms with Crippen molar-refractivity contribution >= 4 is 21.7 Å². The Hall–Kier alpha value is -1.39. The van der Waals surface area contributed by atoms with E-state index in [9.17, 15) is 13.2 Å². The minimum atomic E-state index is -2.97. The molecule has 150 valence electrons. The lowest BCUT2D eigenvalue weighted by atomic mass is 10.2. The second kappa shape index (κ2) is 10.7. The summed E-state index contributed by atoms with van der Waals surface area (Å²) in [6.45, 7) is 8.20. The van der Waals surface area contributed by atoms with Crippen LogP contribution < -0.4 is 16.0 Å². The molecular weight excluding hydrogens is 358 g/mol. The summed E-state index contributed by atoms with van der Waals surface area (Å²) < 4.78 is 28.2. The molecule has 0 spiro atoms. The summed E-state index contributed by atoms with van der Waals surface area (Å²) in [5, 5.41) is 9.10. The van der Waals surface area contributed by atoms with Crippen LogP contribution in [0.25, 0.3) is 0 Å². The smallest absolute Gasteiger partial charge is 0.222 e. The maximum Gasteiger partial charge on any atom is 0.222 e. The third-order valence-corrected chi connectivity index (χ3v) is 6.14. The fourth-order valence-electron chi connectivity index (χ4n) is 2.97. The number of ether oxygens (including phenoxy) is 1. The minimum absolute atomic E-state index is 0.0534. The van der Waals surface area contributed by atoms with Crippen molar-refractivity contribution in [2.75, 3.05) is 64.0 Å². The van der Waals surface area contributed by atoms with Crippen molar-refractivity contribution in [1.29, 1.82) is 0 Å². The van der Waals surface area contributed by atoms with E-state index in [-0.39, 0.29) is 29.9 Å². The van der Waals surface area contributed by atoms with Crippen molar-refractivity contribution in [1.82, 2.24) is 20.9 Å². The SMILES string of the molecule is CCNC(=NCCN1CCOCC1)NCCC(=O)NC1CCS(=O)(=O)C1. The Morgan fingerprint density at radius 1 is 1.27 bits per heavy atom. The molecule has 0 saturated carbocycles.